The summed E-state index contributed by atoms with van der Waals surface area (Å²) >= 11 is 12.4. The molecule has 0 atom stereocenters. The van der Waals surface area contributed by atoms with Crippen LogP contribution in [0.4, 0.5) is 0 Å². The van der Waals surface area contributed by atoms with Gasteiger partial charge in [0.1, 0.15) is 16.0 Å². The molecule has 0 spiro atoms. The molecule has 11 heteroatoms. The molecule has 1 aromatic heterocycles. The van der Waals surface area contributed by atoms with E-state index in [4.69, 9.17) is 28.6 Å². The third-order valence-corrected chi connectivity index (χ3v) is 7.04. The molecule has 1 N–H and O–H groups in total. The summed E-state index contributed by atoms with van der Waals surface area (Å²) in [6.45, 7) is 1.85. The van der Waals surface area contributed by atoms with Crippen molar-refractivity contribution >= 4 is 57.7 Å². The number of halogens is 1. The molecule has 1 aromatic carbocycles. The second kappa shape index (κ2) is 11.6. The topological polar surface area (TPSA) is 113 Å². The van der Waals surface area contributed by atoms with E-state index >= 15 is 0 Å². The van der Waals surface area contributed by atoms with Gasteiger partial charge in [0.05, 0.1) is 10.5 Å². The average Bonchev–Trinajstić information content (AvgIpc) is 3.08. The highest BCUT2D eigenvalue weighted by molar-refractivity contribution is 8.26. The molecule has 1 aliphatic rings. The molecule has 0 aliphatic carbocycles. The number of ether oxygens (including phenoxy) is 1. The number of benzene rings is 1. The number of rotatable bonds is 9. The lowest BCUT2D eigenvalue weighted by atomic mass is 9.99. The van der Waals surface area contributed by atoms with Gasteiger partial charge in [-0.25, -0.2) is 0 Å². The average molecular weight is 532 g/mol. The Labute approximate surface area is 216 Å². The molecule has 1 aliphatic heterocycles. The van der Waals surface area contributed by atoms with Crippen LogP contribution in [-0.2, 0) is 16.1 Å². The Morgan fingerprint density at radius 3 is 2.60 bits per heavy atom. The fraction of sp³-hybridized carbons (Fsp3) is 0.292. The van der Waals surface area contributed by atoms with Crippen molar-refractivity contribution in [2.24, 2.45) is 0 Å². The highest BCUT2D eigenvalue weighted by atomic mass is 35.5. The molecule has 3 rings (SSSR count). The fourth-order valence-corrected chi connectivity index (χ4v) is 5.04. The van der Waals surface area contributed by atoms with Gasteiger partial charge in [-0.05, 0) is 42.7 Å². The summed E-state index contributed by atoms with van der Waals surface area (Å²) in [5.41, 5.74) is -0.0949. The second-order valence-electron chi connectivity index (χ2n) is 7.67. The lowest BCUT2D eigenvalue weighted by molar-refractivity contribution is -0.122. The highest BCUT2D eigenvalue weighted by Gasteiger charge is 2.33. The number of amides is 1. The van der Waals surface area contributed by atoms with E-state index in [1.54, 1.807) is 30.3 Å². The Balaban J connectivity index is 1.81. The minimum Gasteiger partial charge on any atom is -0.494 e. The molecule has 0 radical (unpaired) electrons. The second-order valence-corrected chi connectivity index (χ2v) is 9.78. The van der Waals surface area contributed by atoms with Crippen LogP contribution >= 0.6 is 35.6 Å². The SMILES string of the molecule is COCCCn1c(O)c(C(=O)CCN2C(=O)/C(=C/c3ccc(Cl)cc3)SC2=S)c(C)c(C#N)c1=O. The quantitative estimate of drug-likeness (QED) is 0.224. The van der Waals surface area contributed by atoms with Crippen molar-refractivity contribution in [2.75, 3.05) is 20.3 Å². The number of nitrogens with zero attached hydrogens (tertiary/aromatic N) is 3. The zero-order chi connectivity index (χ0) is 25.7. The number of hydrogen-bond acceptors (Lipinski definition) is 8. The van der Waals surface area contributed by atoms with E-state index in [1.165, 1.54) is 18.9 Å². The summed E-state index contributed by atoms with van der Waals surface area (Å²) in [4.78, 5) is 40.3. The maximum absolute atomic E-state index is 13.1. The first-order chi connectivity index (χ1) is 16.7. The van der Waals surface area contributed by atoms with Crippen LogP contribution in [0.15, 0.2) is 34.0 Å². The van der Waals surface area contributed by atoms with Crippen molar-refractivity contribution in [2.45, 2.75) is 26.3 Å². The van der Waals surface area contributed by atoms with Gasteiger partial charge in [0.15, 0.2) is 5.78 Å². The Morgan fingerprint density at radius 2 is 1.97 bits per heavy atom. The molecular formula is C24H22ClN3O5S2. The standard InChI is InChI=1S/C24H22ClN3O5S2/c1-14-17(13-26)21(30)27(9-3-11-33-2)23(32)20(14)18(29)8-10-28-22(31)19(35-24(28)34)12-15-4-6-16(25)7-5-15/h4-7,12,32H,3,8-11H2,1-2H3/b19-12-. The zero-order valence-electron chi connectivity index (χ0n) is 19.0. The molecule has 0 bridgehead atoms. The highest BCUT2D eigenvalue weighted by Crippen LogP contribution is 2.33. The normalized spacial score (nSPS) is 14.6. The number of hydrogen-bond donors (Lipinski definition) is 1. The van der Waals surface area contributed by atoms with Crippen molar-refractivity contribution in [3.8, 4) is 11.9 Å². The minimum absolute atomic E-state index is 0.00890. The van der Waals surface area contributed by atoms with E-state index in [9.17, 15) is 24.8 Å². The van der Waals surface area contributed by atoms with Crippen molar-refractivity contribution < 1.29 is 19.4 Å². The number of pyridine rings is 1. The molecule has 2 heterocycles. The molecule has 8 nitrogen and oxygen atoms in total. The fourth-order valence-electron chi connectivity index (χ4n) is 3.60. The number of thioether (sulfide) groups is 1. The maximum Gasteiger partial charge on any atom is 0.271 e. The molecule has 1 fully saturated rings. The van der Waals surface area contributed by atoms with Crippen LogP contribution in [0.1, 0.15) is 39.9 Å². The molecular weight excluding hydrogens is 510 g/mol. The van der Waals surface area contributed by atoms with E-state index < -0.39 is 17.2 Å². The summed E-state index contributed by atoms with van der Waals surface area (Å²) in [6.07, 6.45) is 1.95. The van der Waals surface area contributed by atoms with Crippen molar-refractivity contribution in [3.05, 3.63) is 66.8 Å². The lowest BCUT2D eigenvalue weighted by Gasteiger charge is -2.17. The van der Waals surface area contributed by atoms with Gasteiger partial charge < -0.3 is 9.84 Å². The number of Topliss-reactive ketones (excluding diaryl/α,β-unsaturated/α-hetero) is 1. The zero-order valence-corrected chi connectivity index (χ0v) is 21.4. The Morgan fingerprint density at radius 1 is 1.29 bits per heavy atom. The summed E-state index contributed by atoms with van der Waals surface area (Å²) < 4.78 is 6.29. The molecule has 0 saturated carbocycles. The summed E-state index contributed by atoms with van der Waals surface area (Å²) in [7, 11) is 1.51. The molecule has 0 unspecified atom stereocenters. The van der Waals surface area contributed by atoms with Gasteiger partial charge in [-0.1, -0.05) is 47.7 Å². The number of aromatic nitrogens is 1. The Hall–Kier alpha value is -2.97. The lowest BCUT2D eigenvalue weighted by Crippen LogP contribution is -2.31. The molecule has 35 heavy (non-hydrogen) atoms. The van der Waals surface area contributed by atoms with Gasteiger partial charge in [-0.2, -0.15) is 5.26 Å². The van der Waals surface area contributed by atoms with Gasteiger partial charge in [0.25, 0.3) is 11.5 Å². The largest absolute Gasteiger partial charge is 0.494 e. The first-order valence-electron chi connectivity index (χ1n) is 10.6. The van der Waals surface area contributed by atoms with Crippen LogP contribution in [0.3, 0.4) is 0 Å². The van der Waals surface area contributed by atoms with E-state index in [1.807, 2.05) is 6.07 Å². The summed E-state index contributed by atoms with van der Waals surface area (Å²) in [5.74, 6) is -1.33. The van der Waals surface area contributed by atoms with Gasteiger partial charge in [-0.3, -0.25) is 23.9 Å². The first-order valence-corrected chi connectivity index (χ1v) is 12.2. The predicted octanol–water partition coefficient (Wildman–Crippen LogP) is 3.90. The minimum atomic E-state index is -0.667. The van der Waals surface area contributed by atoms with Gasteiger partial charge in [0.2, 0.25) is 5.88 Å². The number of ketones is 1. The third kappa shape index (κ3) is 5.82. The maximum atomic E-state index is 13.1. The van der Waals surface area contributed by atoms with Crippen LogP contribution in [0.2, 0.25) is 5.02 Å². The van der Waals surface area contributed by atoms with Crippen molar-refractivity contribution in [3.63, 3.8) is 0 Å². The number of aromatic hydroxyl groups is 1. The van der Waals surface area contributed by atoms with E-state index in [0.29, 0.717) is 27.3 Å². The summed E-state index contributed by atoms with van der Waals surface area (Å²) in [5, 5.41) is 20.8. The van der Waals surface area contributed by atoms with E-state index in [0.717, 1.165) is 21.9 Å². The van der Waals surface area contributed by atoms with Crippen LogP contribution in [0.5, 0.6) is 5.88 Å². The molecule has 182 valence electrons. The Kier molecular flexibility index (Phi) is 8.86. The van der Waals surface area contributed by atoms with Gasteiger partial charge >= 0.3 is 0 Å². The van der Waals surface area contributed by atoms with Crippen molar-refractivity contribution in [1.82, 2.24) is 9.47 Å². The number of carbonyl (C=O) groups is 2. The molecule has 1 amide bonds. The van der Waals surface area contributed by atoms with E-state index in [2.05, 4.69) is 0 Å². The van der Waals surface area contributed by atoms with Crippen LogP contribution < -0.4 is 5.56 Å². The molecule has 2 aromatic rings. The smallest absolute Gasteiger partial charge is 0.271 e. The van der Waals surface area contributed by atoms with Crippen LogP contribution in [0.25, 0.3) is 6.08 Å². The van der Waals surface area contributed by atoms with E-state index in [-0.39, 0.29) is 42.1 Å². The molecule has 1 saturated heterocycles. The first kappa shape index (κ1) is 26.6. The third-order valence-electron chi connectivity index (χ3n) is 5.41. The van der Waals surface area contributed by atoms with Crippen LogP contribution in [-0.4, -0.2) is 50.8 Å². The summed E-state index contributed by atoms with van der Waals surface area (Å²) in [6, 6.07) is 8.81. The Bertz CT molecular complexity index is 1310. The van der Waals surface area contributed by atoms with Crippen LogP contribution in [0, 0.1) is 18.3 Å². The number of thiocarbonyl (C=S) groups is 1. The number of nitriles is 1. The predicted molar refractivity (Wildman–Crippen MR) is 139 cm³/mol. The monoisotopic (exact) mass is 531 g/mol. The number of methoxy groups -OCH3 is 1. The van der Waals surface area contributed by atoms with Gasteiger partial charge in [0, 0.05) is 38.2 Å². The van der Waals surface area contributed by atoms with Gasteiger partial charge in [-0.15, -0.1) is 0 Å². The number of carbonyl (C=O) groups excluding carboxylic acids is 2. The van der Waals surface area contributed by atoms with Crippen molar-refractivity contribution in [1.29, 1.82) is 5.26 Å².